The zero-order chi connectivity index (χ0) is 15.6. The van der Waals surface area contributed by atoms with Crippen molar-refractivity contribution < 1.29 is 13.6 Å². The second-order valence-corrected chi connectivity index (χ2v) is 5.72. The van der Waals surface area contributed by atoms with Gasteiger partial charge in [-0.25, -0.2) is 8.78 Å². The van der Waals surface area contributed by atoms with Crippen molar-refractivity contribution in [1.82, 2.24) is 5.32 Å². The minimum atomic E-state index is -0.598. The molecule has 1 aliphatic carbocycles. The first-order chi connectivity index (χ1) is 10.6. The summed E-state index contributed by atoms with van der Waals surface area (Å²) in [6.45, 7) is 0.161. The molecule has 1 N–H and O–H groups in total. The van der Waals surface area contributed by atoms with Crippen LogP contribution >= 0.6 is 0 Å². The highest BCUT2D eigenvalue weighted by molar-refractivity contribution is 5.89. The van der Waals surface area contributed by atoms with E-state index in [4.69, 9.17) is 0 Å². The first-order valence-corrected chi connectivity index (χ1v) is 7.40. The Hall–Kier alpha value is -2.23. The Morgan fingerprint density at radius 1 is 1.05 bits per heavy atom. The van der Waals surface area contributed by atoms with Crippen molar-refractivity contribution >= 4 is 5.91 Å². The van der Waals surface area contributed by atoms with Gasteiger partial charge in [0.15, 0.2) is 0 Å². The fourth-order valence-electron chi connectivity index (χ4n) is 2.93. The predicted molar refractivity (Wildman–Crippen MR) is 80.2 cm³/mol. The molecular formula is C18H17F2NO. The van der Waals surface area contributed by atoms with Crippen LogP contribution in [0, 0.1) is 11.6 Å². The van der Waals surface area contributed by atoms with Crippen LogP contribution in [0.25, 0.3) is 0 Å². The minimum Gasteiger partial charge on any atom is -0.351 e. The fourth-order valence-corrected chi connectivity index (χ4v) is 2.93. The Morgan fingerprint density at radius 3 is 2.32 bits per heavy atom. The maximum Gasteiger partial charge on any atom is 0.230 e. The number of carbonyl (C=O) groups excluding carboxylic acids is 1. The van der Waals surface area contributed by atoms with Crippen LogP contribution in [0.15, 0.2) is 48.5 Å². The number of benzene rings is 2. The van der Waals surface area contributed by atoms with Gasteiger partial charge in [-0.15, -0.1) is 0 Å². The summed E-state index contributed by atoms with van der Waals surface area (Å²) in [4.78, 5) is 12.6. The lowest BCUT2D eigenvalue weighted by Crippen LogP contribution is -2.49. The highest BCUT2D eigenvalue weighted by Gasteiger charge is 2.45. The average Bonchev–Trinajstić information content (AvgIpc) is 2.47. The van der Waals surface area contributed by atoms with Gasteiger partial charge in [0.25, 0.3) is 0 Å². The zero-order valence-corrected chi connectivity index (χ0v) is 12.1. The molecule has 0 spiro atoms. The minimum absolute atomic E-state index is 0.117. The topological polar surface area (TPSA) is 29.1 Å². The van der Waals surface area contributed by atoms with Gasteiger partial charge in [0, 0.05) is 12.1 Å². The van der Waals surface area contributed by atoms with Gasteiger partial charge in [0.05, 0.1) is 5.41 Å². The summed E-state index contributed by atoms with van der Waals surface area (Å²) >= 11 is 0. The molecule has 0 unspecified atom stereocenters. The molecule has 1 saturated carbocycles. The first kappa shape index (κ1) is 14.7. The van der Waals surface area contributed by atoms with E-state index in [1.54, 1.807) is 30.3 Å². The third-order valence-corrected chi connectivity index (χ3v) is 4.44. The maximum absolute atomic E-state index is 13.6. The van der Waals surface area contributed by atoms with Gasteiger partial charge < -0.3 is 5.32 Å². The third kappa shape index (κ3) is 2.61. The van der Waals surface area contributed by atoms with E-state index in [0.717, 1.165) is 24.8 Å². The lowest BCUT2D eigenvalue weighted by Gasteiger charge is -2.40. The van der Waals surface area contributed by atoms with Crippen LogP contribution in [-0.4, -0.2) is 5.91 Å². The summed E-state index contributed by atoms with van der Waals surface area (Å²) in [7, 11) is 0. The van der Waals surface area contributed by atoms with Gasteiger partial charge in [-0.3, -0.25) is 4.79 Å². The molecule has 4 heteroatoms. The van der Waals surface area contributed by atoms with E-state index in [2.05, 4.69) is 5.32 Å². The van der Waals surface area contributed by atoms with E-state index < -0.39 is 5.41 Å². The number of nitrogens with one attached hydrogen (secondary N) is 1. The van der Waals surface area contributed by atoms with Crippen LogP contribution in [0.1, 0.15) is 30.4 Å². The Balaban J connectivity index is 1.75. The molecule has 1 fully saturated rings. The molecule has 0 bridgehead atoms. The van der Waals surface area contributed by atoms with Gasteiger partial charge in [-0.05, 0) is 36.6 Å². The molecule has 3 rings (SSSR count). The first-order valence-electron chi connectivity index (χ1n) is 7.40. The smallest absolute Gasteiger partial charge is 0.230 e. The lowest BCUT2D eigenvalue weighted by molar-refractivity contribution is -0.130. The highest BCUT2D eigenvalue weighted by atomic mass is 19.1. The molecule has 114 valence electrons. The van der Waals surface area contributed by atoms with Crippen molar-refractivity contribution in [2.75, 3.05) is 0 Å². The SMILES string of the molecule is O=C(NCc1ccccc1F)C1(c2ccc(F)cc2)CCC1. The normalized spacial score (nSPS) is 15.9. The van der Waals surface area contributed by atoms with E-state index in [1.165, 1.54) is 18.2 Å². The molecule has 1 amide bonds. The Morgan fingerprint density at radius 2 is 1.73 bits per heavy atom. The Labute approximate surface area is 128 Å². The van der Waals surface area contributed by atoms with E-state index in [-0.39, 0.29) is 24.1 Å². The number of amides is 1. The standard InChI is InChI=1S/C18H17F2NO/c19-15-8-6-14(7-9-15)18(10-3-11-18)17(22)21-12-13-4-1-2-5-16(13)20/h1-2,4-9H,3,10-12H2,(H,21,22). The number of rotatable bonds is 4. The summed E-state index contributed by atoms with van der Waals surface area (Å²) in [5.41, 5.74) is 0.689. The number of hydrogen-bond acceptors (Lipinski definition) is 1. The molecule has 0 aliphatic heterocycles. The van der Waals surface area contributed by atoms with Crippen LogP contribution in [-0.2, 0) is 16.8 Å². The second kappa shape index (κ2) is 5.87. The van der Waals surface area contributed by atoms with Crippen molar-refractivity contribution in [3.8, 4) is 0 Å². The van der Waals surface area contributed by atoms with Crippen molar-refractivity contribution in [1.29, 1.82) is 0 Å². The number of halogens is 2. The third-order valence-electron chi connectivity index (χ3n) is 4.44. The van der Waals surface area contributed by atoms with Crippen LogP contribution in [0.2, 0.25) is 0 Å². The molecule has 0 aromatic heterocycles. The second-order valence-electron chi connectivity index (χ2n) is 5.72. The molecule has 2 aromatic carbocycles. The van der Waals surface area contributed by atoms with E-state index in [1.807, 2.05) is 0 Å². The Bertz CT molecular complexity index is 678. The summed E-state index contributed by atoms with van der Waals surface area (Å²) < 4.78 is 26.7. The number of carbonyl (C=O) groups is 1. The van der Waals surface area contributed by atoms with E-state index >= 15 is 0 Å². The predicted octanol–water partition coefficient (Wildman–Crippen LogP) is 3.70. The monoisotopic (exact) mass is 301 g/mol. The summed E-state index contributed by atoms with van der Waals surface area (Å²) in [6.07, 6.45) is 2.44. The van der Waals surface area contributed by atoms with Gasteiger partial charge in [-0.2, -0.15) is 0 Å². The lowest BCUT2D eigenvalue weighted by atomic mass is 9.64. The van der Waals surface area contributed by atoms with Gasteiger partial charge in [0.1, 0.15) is 11.6 Å². The van der Waals surface area contributed by atoms with Crippen molar-refractivity contribution in [2.45, 2.75) is 31.2 Å². The molecular weight excluding hydrogens is 284 g/mol. The summed E-state index contributed by atoms with van der Waals surface area (Å²) in [5, 5.41) is 2.82. The highest BCUT2D eigenvalue weighted by Crippen LogP contribution is 2.44. The molecule has 0 atom stereocenters. The zero-order valence-electron chi connectivity index (χ0n) is 12.1. The molecule has 1 aliphatic rings. The van der Waals surface area contributed by atoms with E-state index in [9.17, 15) is 13.6 Å². The van der Waals surface area contributed by atoms with Crippen LogP contribution < -0.4 is 5.32 Å². The largest absolute Gasteiger partial charge is 0.351 e. The van der Waals surface area contributed by atoms with Crippen molar-refractivity contribution in [3.63, 3.8) is 0 Å². The fraction of sp³-hybridized carbons (Fsp3) is 0.278. The molecule has 0 heterocycles. The summed E-state index contributed by atoms with van der Waals surface area (Å²) in [6, 6.07) is 12.5. The van der Waals surface area contributed by atoms with Crippen molar-refractivity contribution in [3.05, 3.63) is 71.3 Å². The Kier molecular flexibility index (Phi) is 3.92. The van der Waals surface area contributed by atoms with Gasteiger partial charge in [-0.1, -0.05) is 36.8 Å². The van der Waals surface area contributed by atoms with E-state index in [0.29, 0.717) is 5.56 Å². The summed E-state index contributed by atoms with van der Waals surface area (Å²) in [5.74, 6) is -0.758. The average molecular weight is 301 g/mol. The molecule has 0 saturated heterocycles. The number of hydrogen-bond donors (Lipinski definition) is 1. The molecule has 0 radical (unpaired) electrons. The van der Waals surface area contributed by atoms with Gasteiger partial charge >= 0.3 is 0 Å². The quantitative estimate of drug-likeness (QED) is 0.916. The van der Waals surface area contributed by atoms with Crippen LogP contribution in [0.3, 0.4) is 0 Å². The van der Waals surface area contributed by atoms with Crippen molar-refractivity contribution in [2.24, 2.45) is 0 Å². The molecule has 2 aromatic rings. The van der Waals surface area contributed by atoms with Crippen LogP contribution in [0.5, 0.6) is 0 Å². The van der Waals surface area contributed by atoms with Gasteiger partial charge in [0.2, 0.25) is 5.91 Å². The molecule has 22 heavy (non-hydrogen) atoms. The maximum atomic E-state index is 13.6. The van der Waals surface area contributed by atoms with Crippen LogP contribution in [0.4, 0.5) is 8.78 Å². The molecule has 2 nitrogen and oxygen atoms in total.